The van der Waals surface area contributed by atoms with Gasteiger partial charge in [-0.25, -0.2) is 4.79 Å². The fourth-order valence-electron chi connectivity index (χ4n) is 3.59. The average Bonchev–Trinajstić information content (AvgIpc) is 3.40. The fourth-order valence-corrected chi connectivity index (χ4v) is 3.59. The Bertz CT molecular complexity index is 895. The molecule has 0 spiro atoms. The molecule has 3 aliphatic heterocycles. The maximum atomic E-state index is 12.5. The van der Waals surface area contributed by atoms with Crippen LogP contribution in [-0.4, -0.2) is 50.7 Å². The molecular formula is C20H21N3O5. The largest absolute Gasteiger partial charge is 0.454 e. The van der Waals surface area contributed by atoms with Crippen molar-refractivity contribution in [2.45, 2.75) is 6.54 Å². The first kappa shape index (κ1) is 16.9. The third kappa shape index (κ3) is 3.21. The fraction of sp³-hybridized carbons (Fsp3) is 0.350. The van der Waals surface area contributed by atoms with E-state index in [0.717, 1.165) is 47.3 Å². The number of nitrogens with zero attached hydrogens (tertiary/aromatic N) is 2. The van der Waals surface area contributed by atoms with Crippen LogP contribution in [0.25, 0.3) is 0 Å². The van der Waals surface area contributed by atoms with Gasteiger partial charge in [-0.1, -0.05) is 6.07 Å². The molecule has 0 radical (unpaired) electrons. The Labute approximate surface area is 162 Å². The Morgan fingerprint density at radius 1 is 0.821 bits per heavy atom. The molecule has 2 aromatic rings. The molecule has 3 aliphatic rings. The van der Waals surface area contributed by atoms with Crippen LogP contribution < -0.4 is 29.2 Å². The van der Waals surface area contributed by atoms with E-state index in [4.69, 9.17) is 18.9 Å². The highest BCUT2D eigenvalue weighted by Crippen LogP contribution is 2.35. The molecule has 0 bridgehead atoms. The number of benzene rings is 2. The highest BCUT2D eigenvalue weighted by molar-refractivity contribution is 5.74. The molecule has 2 amide bonds. The SMILES string of the molecule is O=C(NCc1ccc2c(c1)OCO2)N1CCN(c2ccc3c(c2)OCO3)CC1. The minimum Gasteiger partial charge on any atom is -0.454 e. The Morgan fingerprint density at radius 2 is 1.46 bits per heavy atom. The Hall–Kier alpha value is -3.29. The van der Waals surface area contributed by atoms with Gasteiger partial charge in [0.25, 0.3) is 0 Å². The van der Waals surface area contributed by atoms with E-state index in [1.54, 1.807) is 0 Å². The lowest BCUT2D eigenvalue weighted by Crippen LogP contribution is -2.51. The van der Waals surface area contributed by atoms with Gasteiger partial charge in [-0.3, -0.25) is 0 Å². The van der Waals surface area contributed by atoms with Gasteiger partial charge in [0.2, 0.25) is 13.6 Å². The van der Waals surface area contributed by atoms with Gasteiger partial charge < -0.3 is 34.1 Å². The van der Waals surface area contributed by atoms with Crippen LogP contribution in [0.2, 0.25) is 0 Å². The van der Waals surface area contributed by atoms with E-state index in [1.165, 1.54) is 0 Å². The molecule has 0 aromatic heterocycles. The van der Waals surface area contributed by atoms with Crippen LogP contribution in [0.4, 0.5) is 10.5 Å². The van der Waals surface area contributed by atoms with Crippen molar-refractivity contribution in [1.82, 2.24) is 10.2 Å². The van der Waals surface area contributed by atoms with Crippen molar-refractivity contribution in [3.05, 3.63) is 42.0 Å². The number of piperazine rings is 1. The minimum atomic E-state index is -0.0528. The second-order valence-corrected chi connectivity index (χ2v) is 6.86. The molecule has 1 fully saturated rings. The standard InChI is InChI=1S/C20H21N3O5/c24-20(21-11-14-1-3-16-18(9-14)27-12-25-16)23-7-5-22(6-8-23)15-2-4-17-19(10-15)28-13-26-17/h1-4,9-10H,5-8,11-13H2,(H,21,24). The van der Waals surface area contributed by atoms with Gasteiger partial charge in [0.05, 0.1) is 0 Å². The molecule has 28 heavy (non-hydrogen) atoms. The van der Waals surface area contributed by atoms with Crippen LogP contribution >= 0.6 is 0 Å². The number of urea groups is 1. The zero-order valence-electron chi connectivity index (χ0n) is 15.3. The van der Waals surface area contributed by atoms with Gasteiger partial charge in [0, 0.05) is 44.5 Å². The summed E-state index contributed by atoms with van der Waals surface area (Å²) in [5.41, 5.74) is 2.07. The third-order valence-electron chi connectivity index (χ3n) is 5.17. The number of hydrogen-bond donors (Lipinski definition) is 1. The number of carbonyl (C=O) groups excluding carboxylic acids is 1. The monoisotopic (exact) mass is 383 g/mol. The number of amides is 2. The molecule has 0 saturated carbocycles. The van der Waals surface area contributed by atoms with Crippen LogP contribution in [-0.2, 0) is 6.54 Å². The summed E-state index contributed by atoms with van der Waals surface area (Å²) in [5.74, 6) is 3.03. The van der Waals surface area contributed by atoms with Crippen molar-refractivity contribution in [3.63, 3.8) is 0 Å². The summed E-state index contributed by atoms with van der Waals surface area (Å²) in [5, 5.41) is 2.98. The molecule has 0 unspecified atom stereocenters. The highest BCUT2D eigenvalue weighted by atomic mass is 16.7. The van der Waals surface area contributed by atoms with Gasteiger partial charge in [0.15, 0.2) is 23.0 Å². The van der Waals surface area contributed by atoms with Gasteiger partial charge in [-0.2, -0.15) is 0 Å². The molecule has 5 rings (SSSR count). The molecule has 0 aliphatic carbocycles. The van der Waals surface area contributed by atoms with Gasteiger partial charge in [-0.15, -0.1) is 0 Å². The number of nitrogens with one attached hydrogen (secondary N) is 1. The molecular weight excluding hydrogens is 362 g/mol. The molecule has 1 N–H and O–H groups in total. The van der Waals surface area contributed by atoms with Crippen molar-refractivity contribution in [2.24, 2.45) is 0 Å². The van der Waals surface area contributed by atoms with E-state index in [9.17, 15) is 4.79 Å². The van der Waals surface area contributed by atoms with Gasteiger partial charge in [0.1, 0.15) is 0 Å². The van der Waals surface area contributed by atoms with Crippen LogP contribution in [0.3, 0.4) is 0 Å². The highest BCUT2D eigenvalue weighted by Gasteiger charge is 2.23. The summed E-state index contributed by atoms with van der Waals surface area (Å²) in [7, 11) is 0. The number of hydrogen-bond acceptors (Lipinski definition) is 6. The van der Waals surface area contributed by atoms with Gasteiger partial charge in [-0.05, 0) is 29.8 Å². The summed E-state index contributed by atoms with van der Waals surface area (Å²) in [6.07, 6.45) is 0. The van der Waals surface area contributed by atoms with Crippen LogP contribution in [0.1, 0.15) is 5.56 Å². The Morgan fingerprint density at radius 3 is 2.21 bits per heavy atom. The number of anilines is 1. The van der Waals surface area contributed by atoms with Crippen LogP contribution in [0.5, 0.6) is 23.0 Å². The lowest BCUT2D eigenvalue weighted by Gasteiger charge is -2.36. The third-order valence-corrected chi connectivity index (χ3v) is 5.17. The molecule has 8 heteroatoms. The summed E-state index contributed by atoms with van der Waals surface area (Å²) >= 11 is 0. The number of carbonyl (C=O) groups is 1. The van der Waals surface area contributed by atoms with Crippen molar-refractivity contribution >= 4 is 11.7 Å². The van der Waals surface area contributed by atoms with E-state index in [2.05, 4.69) is 10.2 Å². The van der Waals surface area contributed by atoms with E-state index >= 15 is 0 Å². The first-order valence-electron chi connectivity index (χ1n) is 9.32. The first-order valence-corrected chi connectivity index (χ1v) is 9.32. The lowest BCUT2D eigenvalue weighted by atomic mass is 10.2. The normalized spacial score (nSPS) is 17.0. The molecule has 146 valence electrons. The predicted molar refractivity (Wildman–Crippen MR) is 101 cm³/mol. The van der Waals surface area contributed by atoms with E-state index < -0.39 is 0 Å². The minimum absolute atomic E-state index is 0.0528. The van der Waals surface area contributed by atoms with Crippen LogP contribution in [0, 0.1) is 0 Å². The molecule has 2 aromatic carbocycles. The summed E-state index contributed by atoms with van der Waals surface area (Å²) in [6, 6.07) is 11.6. The predicted octanol–water partition coefficient (Wildman–Crippen LogP) is 2.18. The zero-order chi connectivity index (χ0) is 18.9. The second-order valence-electron chi connectivity index (χ2n) is 6.86. The van der Waals surface area contributed by atoms with Crippen molar-refractivity contribution < 1.29 is 23.7 Å². The van der Waals surface area contributed by atoms with Crippen LogP contribution in [0.15, 0.2) is 36.4 Å². The smallest absolute Gasteiger partial charge is 0.317 e. The molecule has 1 saturated heterocycles. The van der Waals surface area contributed by atoms with Crippen molar-refractivity contribution in [1.29, 1.82) is 0 Å². The maximum Gasteiger partial charge on any atom is 0.317 e. The van der Waals surface area contributed by atoms with E-state index in [-0.39, 0.29) is 19.6 Å². The number of rotatable bonds is 3. The Balaban J connectivity index is 1.14. The van der Waals surface area contributed by atoms with Gasteiger partial charge >= 0.3 is 6.03 Å². The molecule has 8 nitrogen and oxygen atoms in total. The van der Waals surface area contributed by atoms with Crippen molar-refractivity contribution in [2.75, 3.05) is 44.7 Å². The lowest BCUT2D eigenvalue weighted by molar-refractivity contribution is 0.173. The van der Waals surface area contributed by atoms with E-state index in [0.29, 0.717) is 19.6 Å². The zero-order valence-corrected chi connectivity index (χ0v) is 15.3. The average molecular weight is 383 g/mol. The Kier molecular flexibility index (Phi) is 4.23. The number of fused-ring (bicyclic) bond motifs is 2. The topological polar surface area (TPSA) is 72.5 Å². The second kappa shape index (κ2) is 7.03. The first-order chi connectivity index (χ1) is 13.8. The number of ether oxygens (including phenoxy) is 4. The maximum absolute atomic E-state index is 12.5. The molecule has 3 heterocycles. The quantitative estimate of drug-likeness (QED) is 0.876. The van der Waals surface area contributed by atoms with Crippen molar-refractivity contribution in [3.8, 4) is 23.0 Å². The summed E-state index contributed by atoms with van der Waals surface area (Å²) in [6.45, 7) is 3.86. The summed E-state index contributed by atoms with van der Waals surface area (Å²) < 4.78 is 21.5. The summed E-state index contributed by atoms with van der Waals surface area (Å²) in [4.78, 5) is 16.6. The molecule has 0 atom stereocenters. The van der Waals surface area contributed by atoms with E-state index in [1.807, 2.05) is 41.3 Å².